The van der Waals surface area contributed by atoms with E-state index in [2.05, 4.69) is 10.4 Å². The van der Waals surface area contributed by atoms with Crippen molar-refractivity contribution >= 4 is 17.5 Å². The predicted molar refractivity (Wildman–Crippen MR) is 119 cm³/mol. The molecular weight excluding hydrogens is 432 g/mol. The van der Waals surface area contributed by atoms with E-state index in [4.69, 9.17) is 16.0 Å². The van der Waals surface area contributed by atoms with Gasteiger partial charge in [-0.1, -0.05) is 47.5 Å². The van der Waals surface area contributed by atoms with Gasteiger partial charge in [-0.05, 0) is 42.8 Å². The number of nitrogens with zero attached hydrogens (tertiary/aromatic N) is 3. The van der Waals surface area contributed by atoms with Crippen LogP contribution in [0.4, 0.5) is 0 Å². The third-order valence-electron chi connectivity index (χ3n) is 4.79. The minimum atomic E-state index is -0.786. The largest absolute Gasteiger partial charge is 0.467 e. The molecule has 0 bridgehead atoms. The molecule has 2 heterocycles. The van der Waals surface area contributed by atoms with E-state index in [1.807, 2.05) is 31.2 Å². The fourth-order valence-electron chi connectivity index (χ4n) is 3.11. The van der Waals surface area contributed by atoms with Crippen molar-refractivity contribution in [2.75, 3.05) is 0 Å². The monoisotopic (exact) mass is 450 g/mol. The van der Waals surface area contributed by atoms with Crippen molar-refractivity contribution in [3.63, 3.8) is 0 Å². The van der Waals surface area contributed by atoms with Gasteiger partial charge in [0.05, 0.1) is 25.0 Å². The van der Waals surface area contributed by atoms with Gasteiger partial charge >= 0.3 is 5.69 Å². The maximum Gasteiger partial charge on any atom is 0.352 e. The number of aryl methyl sites for hydroxylation is 1. The van der Waals surface area contributed by atoms with Crippen LogP contribution in [0.15, 0.2) is 80.9 Å². The molecule has 4 aromatic rings. The second-order valence-electron chi connectivity index (χ2n) is 7.16. The summed E-state index contributed by atoms with van der Waals surface area (Å²) in [6.45, 7) is 2.00. The lowest BCUT2D eigenvalue weighted by Crippen LogP contribution is -2.46. The summed E-state index contributed by atoms with van der Waals surface area (Å²) in [6.07, 6.45) is 1.48. The van der Waals surface area contributed by atoms with Gasteiger partial charge in [0, 0.05) is 5.02 Å². The summed E-state index contributed by atoms with van der Waals surface area (Å²) >= 11 is 6.07. The fourth-order valence-corrected chi connectivity index (χ4v) is 3.30. The van der Waals surface area contributed by atoms with Crippen LogP contribution < -0.4 is 16.6 Å². The summed E-state index contributed by atoms with van der Waals surface area (Å²) in [7, 11) is 0. The average molecular weight is 451 g/mol. The molecule has 0 spiro atoms. The van der Waals surface area contributed by atoms with Crippen molar-refractivity contribution in [2.45, 2.75) is 20.0 Å². The number of benzene rings is 2. The number of nitrogens with one attached hydrogen (secondary N) is 1. The molecule has 0 saturated heterocycles. The van der Waals surface area contributed by atoms with E-state index in [9.17, 15) is 14.4 Å². The standard InChI is InChI=1S/C23H19ClN4O4/c1-15-7-9-16(10-8-15)14-27-22(30)20(21(29)25-13-19-6-3-11-32-19)26-28(23(27)31)18-5-2-4-17(24)12-18/h2-12H,13-14H2,1H3,(H,25,29). The lowest BCUT2D eigenvalue weighted by Gasteiger charge is -2.12. The van der Waals surface area contributed by atoms with Crippen LogP contribution in [0.1, 0.15) is 27.4 Å². The van der Waals surface area contributed by atoms with E-state index in [1.54, 1.807) is 30.3 Å². The first-order chi connectivity index (χ1) is 15.4. The summed E-state index contributed by atoms with van der Waals surface area (Å²) in [4.78, 5) is 39.1. The maximum absolute atomic E-state index is 13.2. The van der Waals surface area contributed by atoms with E-state index < -0.39 is 22.9 Å². The number of furan rings is 1. The zero-order valence-electron chi connectivity index (χ0n) is 17.1. The smallest absolute Gasteiger partial charge is 0.352 e. The van der Waals surface area contributed by atoms with Crippen LogP contribution >= 0.6 is 11.6 Å². The van der Waals surface area contributed by atoms with Crippen LogP contribution in [0.2, 0.25) is 5.02 Å². The molecule has 9 heteroatoms. The van der Waals surface area contributed by atoms with Gasteiger partial charge in [0.15, 0.2) is 0 Å². The molecule has 8 nitrogen and oxygen atoms in total. The Balaban J connectivity index is 1.80. The molecule has 0 fully saturated rings. The summed E-state index contributed by atoms with van der Waals surface area (Å²) in [5.41, 5.74) is 0.237. The van der Waals surface area contributed by atoms with Crippen LogP contribution in [-0.4, -0.2) is 20.3 Å². The number of amides is 1. The highest BCUT2D eigenvalue weighted by molar-refractivity contribution is 6.30. The Kier molecular flexibility index (Phi) is 6.04. The van der Waals surface area contributed by atoms with Crippen LogP contribution in [-0.2, 0) is 13.1 Å². The first kappa shape index (κ1) is 21.3. The second kappa shape index (κ2) is 9.07. The number of rotatable bonds is 6. The molecule has 32 heavy (non-hydrogen) atoms. The van der Waals surface area contributed by atoms with Crippen molar-refractivity contribution in [1.82, 2.24) is 19.7 Å². The van der Waals surface area contributed by atoms with Crippen molar-refractivity contribution in [1.29, 1.82) is 0 Å². The second-order valence-corrected chi connectivity index (χ2v) is 7.60. The Morgan fingerprint density at radius 3 is 2.56 bits per heavy atom. The van der Waals surface area contributed by atoms with Gasteiger partial charge in [-0.3, -0.25) is 14.2 Å². The van der Waals surface area contributed by atoms with Crippen LogP contribution in [0, 0.1) is 6.92 Å². The summed E-state index contributed by atoms with van der Waals surface area (Å²) in [6, 6.07) is 17.2. The first-order valence-electron chi connectivity index (χ1n) is 9.78. The van der Waals surface area contributed by atoms with E-state index in [-0.39, 0.29) is 13.1 Å². The van der Waals surface area contributed by atoms with E-state index >= 15 is 0 Å². The topological polar surface area (TPSA) is 99.1 Å². The molecule has 2 aromatic carbocycles. The van der Waals surface area contributed by atoms with Crippen molar-refractivity contribution in [3.05, 3.63) is 115 Å². The Bertz CT molecular complexity index is 1370. The molecule has 0 aliphatic carbocycles. The van der Waals surface area contributed by atoms with E-state index in [0.29, 0.717) is 16.5 Å². The van der Waals surface area contributed by atoms with Gasteiger partial charge in [0.1, 0.15) is 5.76 Å². The molecule has 0 aliphatic rings. The number of halogens is 1. The normalized spacial score (nSPS) is 10.8. The highest BCUT2D eigenvalue weighted by atomic mass is 35.5. The predicted octanol–water partition coefficient (Wildman–Crippen LogP) is 2.93. The van der Waals surface area contributed by atoms with Crippen LogP contribution in [0.25, 0.3) is 5.69 Å². The molecule has 2 aromatic heterocycles. The molecule has 0 aliphatic heterocycles. The van der Waals surface area contributed by atoms with E-state index in [0.717, 1.165) is 20.4 Å². The highest BCUT2D eigenvalue weighted by Crippen LogP contribution is 2.12. The molecule has 0 saturated carbocycles. The number of aromatic nitrogens is 3. The zero-order chi connectivity index (χ0) is 22.7. The van der Waals surface area contributed by atoms with Crippen LogP contribution in [0.5, 0.6) is 0 Å². The van der Waals surface area contributed by atoms with Gasteiger partial charge in [-0.25, -0.2) is 4.79 Å². The number of carbonyl (C=O) groups is 1. The molecular formula is C23H19ClN4O4. The van der Waals surface area contributed by atoms with Crippen LogP contribution in [0.3, 0.4) is 0 Å². The van der Waals surface area contributed by atoms with Crippen molar-refractivity contribution in [2.24, 2.45) is 0 Å². The quantitative estimate of drug-likeness (QED) is 0.487. The first-order valence-corrected chi connectivity index (χ1v) is 10.2. The Morgan fingerprint density at radius 1 is 1.09 bits per heavy atom. The molecule has 0 atom stereocenters. The molecule has 1 amide bonds. The summed E-state index contributed by atoms with van der Waals surface area (Å²) < 4.78 is 7.19. The molecule has 4 rings (SSSR count). The maximum atomic E-state index is 13.2. The van der Waals surface area contributed by atoms with Gasteiger partial charge < -0.3 is 9.73 Å². The Labute approximate surface area is 187 Å². The van der Waals surface area contributed by atoms with Gasteiger partial charge in [0.25, 0.3) is 11.5 Å². The Hall–Kier alpha value is -3.91. The zero-order valence-corrected chi connectivity index (χ0v) is 17.9. The molecule has 162 valence electrons. The number of hydrogen-bond acceptors (Lipinski definition) is 5. The third-order valence-corrected chi connectivity index (χ3v) is 5.03. The average Bonchev–Trinajstić information content (AvgIpc) is 3.30. The van der Waals surface area contributed by atoms with Crippen molar-refractivity contribution in [3.8, 4) is 5.69 Å². The lowest BCUT2D eigenvalue weighted by molar-refractivity contribution is 0.0938. The number of hydrogen-bond donors (Lipinski definition) is 1. The summed E-state index contributed by atoms with van der Waals surface area (Å²) in [5.74, 6) is -0.207. The SMILES string of the molecule is Cc1ccc(Cn2c(=O)c(C(=O)NCc3ccco3)nn(-c3cccc(Cl)c3)c2=O)cc1. The number of carbonyl (C=O) groups excluding carboxylic acids is 1. The molecule has 0 unspecified atom stereocenters. The van der Waals surface area contributed by atoms with Gasteiger partial charge in [-0.15, -0.1) is 0 Å². The molecule has 0 radical (unpaired) electrons. The third kappa shape index (κ3) is 4.55. The highest BCUT2D eigenvalue weighted by Gasteiger charge is 2.20. The lowest BCUT2D eigenvalue weighted by atomic mass is 10.1. The van der Waals surface area contributed by atoms with Crippen molar-refractivity contribution < 1.29 is 9.21 Å². The molecule has 1 N–H and O–H groups in total. The van der Waals surface area contributed by atoms with Gasteiger partial charge in [0.2, 0.25) is 5.69 Å². The minimum Gasteiger partial charge on any atom is -0.467 e. The Morgan fingerprint density at radius 2 is 1.88 bits per heavy atom. The van der Waals surface area contributed by atoms with E-state index in [1.165, 1.54) is 12.3 Å². The summed E-state index contributed by atoms with van der Waals surface area (Å²) in [5, 5.41) is 7.05. The fraction of sp³-hybridized carbons (Fsp3) is 0.130. The van der Waals surface area contributed by atoms with Gasteiger partial charge in [-0.2, -0.15) is 9.78 Å². The minimum absolute atomic E-state index is 0.0144.